The summed E-state index contributed by atoms with van der Waals surface area (Å²) >= 11 is 0. The Hall–Kier alpha value is -0.700. The van der Waals surface area contributed by atoms with Gasteiger partial charge < -0.3 is 4.74 Å². The summed E-state index contributed by atoms with van der Waals surface area (Å²) in [7, 11) is -1.70. The molecule has 0 amide bonds. The number of hydrogen-bond acceptors (Lipinski definition) is 5. The van der Waals surface area contributed by atoms with Gasteiger partial charge in [-0.25, -0.2) is 0 Å². The Bertz CT molecular complexity index is 483. The molecule has 0 N–H and O–H groups in total. The molecule has 0 radical (unpaired) electrons. The van der Waals surface area contributed by atoms with Crippen LogP contribution in [0.15, 0.2) is 0 Å². The van der Waals surface area contributed by atoms with Crippen molar-refractivity contribution < 1.29 is 17.9 Å². The van der Waals surface area contributed by atoms with Crippen LogP contribution in [0.5, 0.6) is 0 Å². The highest BCUT2D eigenvalue weighted by molar-refractivity contribution is 7.86. The zero-order valence-corrected chi connectivity index (χ0v) is 15.1. The van der Waals surface area contributed by atoms with E-state index < -0.39 is 10.2 Å². The first kappa shape index (κ1) is 18.6. The molecule has 0 aromatic carbocycles. The van der Waals surface area contributed by atoms with E-state index in [9.17, 15) is 13.2 Å². The Morgan fingerprint density at radius 2 is 1.74 bits per heavy atom. The lowest BCUT2D eigenvalue weighted by atomic mass is 9.96. The van der Waals surface area contributed by atoms with E-state index in [1.165, 1.54) is 6.42 Å². The van der Waals surface area contributed by atoms with Crippen molar-refractivity contribution in [3.63, 3.8) is 0 Å². The SMILES string of the molecule is CCOC(=O)CN1CCN(S(=O)(=O)N(C)C2CCCCC2)CC1. The lowest BCUT2D eigenvalue weighted by Crippen LogP contribution is -2.54. The largest absolute Gasteiger partial charge is 0.465 e. The standard InChI is InChI=1S/C15H29N3O4S/c1-3-22-15(19)13-17-9-11-18(12-10-17)23(20,21)16(2)14-7-5-4-6-8-14/h14H,3-13H2,1-2H3. The third kappa shape index (κ3) is 4.89. The summed E-state index contributed by atoms with van der Waals surface area (Å²) in [6, 6.07) is 0.131. The van der Waals surface area contributed by atoms with Crippen molar-refractivity contribution in [1.29, 1.82) is 0 Å². The number of carbonyl (C=O) groups excluding carboxylic acids is 1. The van der Waals surface area contributed by atoms with Gasteiger partial charge in [-0.1, -0.05) is 19.3 Å². The minimum atomic E-state index is -3.40. The van der Waals surface area contributed by atoms with Crippen molar-refractivity contribution in [2.75, 3.05) is 46.4 Å². The molecule has 1 heterocycles. The molecule has 2 fully saturated rings. The third-order valence-electron chi connectivity index (χ3n) is 4.77. The zero-order chi connectivity index (χ0) is 16.9. The Morgan fingerprint density at radius 1 is 1.13 bits per heavy atom. The molecule has 0 spiro atoms. The van der Waals surface area contributed by atoms with Crippen LogP contribution in [0.25, 0.3) is 0 Å². The predicted octanol–water partition coefficient (Wildman–Crippen LogP) is 0.676. The summed E-state index contributed by atoms with van der Waals surface area (Å²) < 4.78 is 33.6. The van der Waals surface area contributed by atoms with E-state index >= 15 is 0 Å². The van der Waals surface area contributed by atoms with E-state index in [1.807, 2.05) is 4.90 Å². The van der Waals surface area contributed by atoms with Crippen molar-refractivity contribution in [3.05, 3.63) is 0 Å². The van der Waals surface area contributed by atoms with Gasteiger partial charge in [0.1, 0.15) is 0 Å². The lowest BCUT2D eigenvalue weighted by molar-refractivity contribution is -0.144. The quantitative estimate of drug-likeness (QED) is 0.661. The number of piperazine rings is 1. The van der Waals surface area contributed by atoms with Gasteiger partial charge in [-0.15, -0.1) is 0 Å². The fourth-order valence-electron chi connectivity index (χ4n) is 3.32. The summed E-state index contributed by atoms with van der Waals surface area (Å²) in [6.45, 7) is 4.38. The monoisotopic (exact) mass is 347 g/mol. The van der Waals surface area contributed by atoms with E-state index in [1.54, 1.807) is 22.6 Å². The van der Waals surface area contributed by atoms with Crippen LogP contribution < -0.4 is 0 Å². The summed E-state index contributed by atoms with van der Waals surface area (Å²) in [6.07, 6.45) is 5.34. The number of rotatable bonds is 6. The fraction of sp³-hybridized carbons (Fsp3) is 0.933. The lowest BCUT2D eigenvalue weighted by Gasteiger charge is -2.38. The van der Waals surface area contributed by atoms with Gasteiger partial charge >= 0.3 is 5.97 Å². The van der Waals surface area contributed by atoms with Crippen molar-refractivity contribution in [2.45, 2.75) is 45.1 Å². The Morgan fingerprint density at radius 3 is 2.30 bits per heavy atom. The highest BCUT2D eigenvalue weighted by Gasteiger charge is 2.34. The minimum Gasteiger partial charge on any atom is -0.465 e. The van der Waals surface area contributed by atoms with Crippen LogP contribution in [0, 0.1) is 0 Å². The normalized spacial score (nSPS) is 22.4. The van der Waals surface area contributed by atoms with Gasteiger partial charge in [-0.05, 0) is 19.8 Å². The molecule has 0 bridgehead atoms. The van der Waals surface area contributed by atoms with E-state index in [0.717, 1.165) is 25.7 Å². The Kier molecular flexibility index (Phi) is 6.82. The average Bonchev–Trinajstić information content (AvgIpc) is 2.55. The second kappa shape index (κ2) is 8.41. The molecule has 1 aliphatic heterocycles. The van der Waals surface area contributed by atoms with E-state index in [2.05, 4.69) is 0 Å². The first-order valence-electron chi connectivity index (χ1n) is 8.56. The maximum atomic E-state index is 12.8. The molecule has 0 aromatic rings. The molecular formula is C15H29N3O4S. The van der Waals surface area contributed by atoms with Crippen LogP contribution in [0.4, 0.5) is 0 Å². The molecule has 1 saturated carbocycles. The van der Waals surface area contributed by atoms with Crippen molar-refractivity contribution in [3.8, 4) is 0 Å². The van der Waals surface area contributed by atoms with E-state index in [0.29, 0.717) is 32.8 Å². The first-order valence-corrected chi connectivity index (χ1v) is 9.96. The zero-order valence-electron chi connectivity index (χ0n) is 14.2. The van der Waals surface area contributed by atoms with Crippen LogP contribution in [-0.4, -0.2) is 80.3 Å². The summed E-state index contributed by atoms with van der Waals surface area (Å²) in [5.41, 5.74) is 0. The highest BCUT2D eigenvalue weighted by Crippen LogP contribution is 2.25. The minimum absolute atomic E-state index is 0.131. The molecule has 7 nitrogen and oxygen atoms in total. The number of hydrogen-bond donors (Lipinski definition) is 0. The first-order chi connectivity index (χ1) is 10.9. The molecule has 2 aliphatic rings. The number of esters is 1. The van der Waals surface area contributed by atoms with Crippen molar-refractivity contribution >= 4 is 16.2 Å². The van der Waals surface area contributed by atoms with E-state index in [-0.39, 0.29) is 18.6 Å². The number of nitrogens with zero attached hydrogens (tertiary/aromatic N) is 3. The van der Waals surface area contributed by atoms with Crippen LogP contribution in [0.1, 0.15) is 39.0 Å². The summed E-state index contributed by atoms with van der Waals surface area (Å²) in [4.78, 5) is 13.4. The van der Waals surface area contributed by atoms with Gasteiger partial charge in [0.15, 0.2) is 0 Å². The van der Waals surface area contributed by atoms with Crippen LogP contribution >= 0.6 is 0 Å². The maximum absolute atomic E-state index is 12.8. The highest BCUT2D eigenvalue weighted by atomic mass is 32.2. The molecule has 0 unspecified atom stereocenters. The molecule has 1 saturated heterocycles. The van der Waals surface area contributed by atoms with Crippen LogP contribution in [-0.2, 0) is 19.7 Å². The summed E-state index contributed by atoms with van der Waals surface area (Å²) in [5.74, 6) is -0.247. The van der Waals surface area contributed by atoms with Gasteiger partial charge in [-0.3, -0.25) is 9.69 Å². The topological polar surface area (TPSA) is 70.2 Å². The Labute approximate surface area is 139 Å². The second-order valence-corrected chi connectivity index (χ2v) is 8.28. The molecule has 1 aliphatic carbocycles. The van der Waals surface area contributed by atoms with Gasteiger partial charge in [-0.2, -0.15) is 17.0 Å². The number of ether oxygens (including phenoxy) is 1. The fourth-order valence-corrected chi connectivity index (χ4v) is 4.90. The molecule has 23 heavy (non-hydrogen) atoms. The van der Waals surface area contributed by atoms with Gasteiger partial charge in [0.05, 0.1) is 13.2 Å². The van der Waals surface area contributed by atoms with Crippen molar-refractivity contribution in [2.24, 2.45) is 0 Å². The molecule has 0 aromatic heterocycles. The predicted molar refractivity (Wildman–Crippen MR) is 88.2 cm³/mol. The molecular weight excluding hydrogens is 318 g/mol. The van der Waals surface area contributed by atoms with Crippen molar-refractivity contribution in [1.82, 2.24) is 13.5 Å². The Balaban J connectivity index is 1.86. The molecule has 2 rings (SSSR count). The maximum Gasteiger partial charge on any atom is 0.320 e. The van der Waals surface area contributed by atoms with Gasteiger partial charge in [0.25, 0.3) is 10.2 Å². The molecule has 0 atom stereocenters. The van der Waals surface area contributed by atoms with Gasteiger partial charge in [0.2, 0.25) is 0 Å². The molecule has 134 valence electrons. The second-order valence-electron chi connectivity index (χ2n) is 6.30. The smallest absolute Gasteiger partial charge is 0.320 e. The summed E-state index contributed by atoms with van der Waals surface area (Å²) in [5, 5.41) is 0. The number of carbonyl (C=O) groups is 1. The van der Waals surface area contributed by atoms with Crippen LogP contribution in [0.2, 0.25) is 0 Å². The average molecular weight is 347 g/mol. The molecule has 8 heteroatoms. The van der Waals surface area contributed by atoms with E-state index in [4.69, 9.17) is 4.74 Å². The van der Waals surface area contributed by atoms with Crippen LogP contribution in [0.3, 0.4) is 0 Å². The van der Waals surface area contributed by atoms with Gasteiger partial charge in [0, 0.05) is 39.3 Å². The third-order valence-corrected chi connectivity index (χ3v) is 6.81.